The van der Waals surface area contributed by atoms with E-state index in [1.165, 1.54) is 31.4 Å². The summed E-state index contributed by atoms with van der Waals surface area (Å²) in [6.45, 7) is 1.96. The fourth-order valence-electron chi connectivity index (χ4n) is 3.90. The summed E-state index contributed by atoms with van der Waals surface area (Å²) in [5, 5.41) is 0. The summed E-state index contributed by atoms with van der Waals surface area (Å²) >= 11 is 0. The van der Waals surface area contributed by atoms with E-state index >= 15 is 4.39 Å². The normalized spacial score (nSPS) is 13.1. The Bertz CT molecular complexity index is 1160. The van der Waals surface area contributed by atoms with E-state index in [0.717, 1.165) is 17.6 Å². The minimum Gasteiger partial charge on any atom is -0.494 e. The fraction of sp³-hybridized carbons (Fsp3) is 0.200. The lowest BCUT2D eigenvalue weighted by molar-refractivity contribution is 0.372. The first kappa shape index (κ1) is 20.2. The second-order valence-corrected chi connectivity index (χ2v) is 7.29. The molecule has 0 spiro atoms. The molecule has 0 N–H and O–H groups in total. The third-order valence-corrected chi connectivity index (χ3v) is 5.62. The molecule has 0 bridgehead atoms. The molecule has 5 heteroatoms. The zero-order valence-corrected chi connectivity index (χ0v) is 16.7. The number of fused-ring (bicyclic) bond motifs is 1. The summed E-state index contributed by atoms with van der Waals surface area (Å²) in [5.41, 5.74) is 3.16. The summed E-state index contributed by atoms with van der Waals surface area (Å²) in [6.07, 6.45) is 3.16. The molecule has 0 atom stereocenters. The van der Waals surface area contributed by atoms with Gasteiger partial charge in [-0.2, -0.15) is 4.39 Å². The maximum Gasteiger partial charge on any atom is 0.201 e. The van der Waals surface area contributed by atoms with Crippen LogP contribution in [0.5, 0.6) is 5.75 Å². The Morgan fingerprint density at radius 1 is 0.833 bits per heavy atom. The first-order valence-corrected chi connectivity index (χ1v) is 9.75. The van der Waals surface area contributed by atoms with Gasteiger partial charge in [-0.1, -0.05) is 37.3 Å². The highest BCUT2D eigenvalue weighted by molar-refractivity contribution is 5.74. The van der Waals surface area contributed by atoms with E-state index in [1.54, 1.807) is 18.2 Å². The summed E-state index contributed by atoms with van der Waals surface area (Å²) in [7, 11) is 1.24. The molecule has 4 rings (SSSR count). The van der Waals surface area contributed by atoms with E-state index in [1.807, 2.05) is 13.0 Å². The summed E-state index contributed by atoms with van der Waals surface area (Å²) in [6, 6.07) is 10.9. The highest BCUT2D eigenvalue weighted by Gasteiger charge is 2.23. The van der Waals surface area contributed by atoms with Crippen molar-refractivity contribution in [2.75, 3.05) is 7.11 Å². The number of aryl methyl sites for hydroxylation is 1. The van der Waals surface area contributed by atoms with Gasteiger partial charge in [0.1, 0.15) is 11.6 Å². The van der Waals surface area contributed by atoms with E-state index in [0.29, 0.717) is 23.1 Å². The molecule has 3 aromatic carbocycles. The Morgan fingerprint density at radius 2 is 1.53 bits per heavy atom. The van der Waals surface area contributed by atoms with Crippen molar-refractivity contribution in [3.05, 3.63) is 94.1 Å². The average Bonchev–Trinajstić information content (AvgIpc) is 2.76. The van der Waals surface area contributed by atoms with Crippen LogP contribution < -0.4 is 4.74 Å². The highest BCUT2D eigenvalue weighted by Crippen LogP contribution is 2.37. The topological polar surface area (TPSA) is 9.23 Å². The quantitative estimate of drug-likeness (QED) is 0.435. The first-order valence-electron chi connectivity index (χ1n) is 9.75. The van der Waals surface area contributed by atoms with Crippen LogP contribution in [0, 0.1) is 23.3 Å². The van der Waals surface area contributed by atoms with Crippen LogP contribution in [0.25, 0.3) is 16.7 Å². The van der Waals surface area contributed by atoms with Crippen molar-refractivity contribution >= 4 is 5.57 Å². The van der Waals surface area contributed by atoms with E-state index in [4.69, 9.17) is 4.74 Å². The Kier molecular flexibility index (Phi) is 5.37. The monoisotopic (exact) mass is 412 g/mol. The van der Waals surface area contributed by atoms with Gasteiger partial charge >= 0.3 is 0 Å². The Hall–Kier alpha value is -3.08. The van der Waals surface area contributed by atoms with Gasteiger partial charge in [-0.25, -0.2) is 13.2 Å². The molecule has 1 aliphatic rings. The molecule has 0 heterocycles. The van der Waals surface area contributed by atoms with Crippen molar-refractivity contribution in [1.82, 2.24) is 0 Å². The average molecular weight is 412 g/mol. The second kappa shape index (κ2) is 7.98. The third-order valence-electron chi connectivity index (χ3n) is 5.62. The van der Waals surface area contributed by atoms with Crippen LogP contribution in [-0.4, -0.2) is 7.11 Å². The fourth-order valence-corrected chi connectivity index (χ4v) is 3.90. The minimum atomic E-state index is -1.15. The van der Waals surface area contributed by atoms with Crippen LogP contribution >= 0.6 is 0 Å². The molecule has 1 nitrogen and oxygen atoms in total. The molecule has 0 aliphatic heterocycles. The van der Waals surface area contributed by atoms with Crippen molar-refractivity contribution in [3.63, 3.8) is 0 Å². The maximum absolute atomic E-state index is 15.2. The van der Waals surface area contributed by atoms with Crippen molar-refractivity contribution in [1.29, 1.82) is 0 Å². The number of hydrogen-bond donors (Lipinski definition) is 0. The van der Waals surface area contributed by atoms with Crippen LogP contribution in [0.15, 0.2) is 48.5 Å². The van der Waals surface area contributed by atoms with Crippen LogP contribution in [-0.2, 0) is 19.3 Å². The number of benzene rings is 3. The Morgan fingerprint density at radius 3 is 2.23 bits per heavy atom. The number of methoxy groups -OCH3 is 1. The lowest BCUT2D eigenvalue weighted by Gasteiger charge is -2.20. The molecule has 3 aromatic rings. The smallest absolute Gasteiger partial charge is 0.201 e. The molecule has 0 saturated carbocycles. The van der Waals surface area contributed by atoms with Crippen LogP contribution in [0.1, 0.15) is 29.2 Å². The Labute approximate surface area is 172 Å². The van der Waals surface area contributed by atoms with Crippen molar-refractivity contribution < 1.29 is 22.3 Å². The molecule has 30 heavy (non-hydrogen) atoms. The molecule has 0 fully saturated rings. The van der Waals surface area contributed by atoms with Gasteiger partial charge in [0.05, 0.1) is 7.11 Å². The van der Waals surface area contributed by atoms with Crippen molar-refractivity contribution in [2.24, 2.45) is 0 Å². The third kappa shape index (κ3) is 3.38. The van der Waals surface area contributed by atoms with Gasteiger partial charge in [0.25, 0.3) is 0 Å². The van der Waals surface area contributed by atoms with Gasteiger partial charge in [0.2, 0.25) is 5.82 Å². The zero-order chi connectivity index (χ0) is 21.4. The predicted octanol–water partition coefficient (Wildman–Crippen LogP) is 6.66. The number of rotatable bonds is 4. The van der Waals surface area contributed by atoms with Crippen LogP contribution in [0.3, 0.4) is 0 Å². The van der Waals surface area contributed by atoms with E-state index in [2.05, 4.69) is 0 Å². The van der Waals surface area contributed by atoms with Crippen molar-refractivity contribution in [3.8, 4) is 16.9 Å². The van der Waals surface area contributed by atoms with Crippen molar-refractivity contribution in [2.45, 2.75) is 26.2 Å². The largest absolute Gasteiger partial charge is 0.494 e. The van der Waals surface area contributed by atoms with Crippen LogP contribution in [0.4, 0.5) is 17.6 Å². The Balaban J connectivity index is 1.71. The molecule has 1 aliphatic carbocycles. The van der Waals surface area contributed by atoms with E-state index < -0.39 is 17.5 Å². The molecular weight excluding hydrogens is 392 g/mol. The van der Waals surface area contributed by atoms with E-state index in [9.17, 15) is 13.2 Å². The number of halogens is 4. The molecular formula is C25H20F4O. The minimum absolute atomic E-state index is 0.0110. The molecule has 0 unspecified atom stereocenters. The van der Waals surface area contributed by atoms with Gasteiger partial charge in [-0.3, -0.25) is 0 Å². The van der Waals surface area contributed by atoms with Gasteiger partial charge in [0.15, 0.2) is 11.6 Å². The molecule has 0 amide bonds. The number of hydrogen-bond acceptors (Lipinski definition) is 1. The second-order valence-electron chi connectivity index (χ2n) is 7.29. The molecule has 0 aromatic heterocycles. The lowest BCUT2D eigenvalue weighted by Crippen LogP contribution is -2.08. The highest BCUT2D eigenvalue weighted by atomic mass is 19.2. The van der Waals surface area contributed by atoms with Crippen LogP contribution in [0.2, 0.25) is 0 Å². The van der Waals surface area contributed by atoms with Gasteiger partial charge in [0, 0.05) is 16.7 Å². The number of allylic oxidation sites excluding steroid dienone is 2. The van der Waals surface area contributed by atoms with Gasteiger partial charge in [-0.15, -0.1) is 0 Å². The van der Waals surface area contributed by atoms with E-state index in [-0.39, 0.29) is 29.1 Å². The lowest BCUT2D eigenvalue weighted by atomic mass is 9.85. The van der Waals surface area contributed by atoms with Gasteiger partial charge in [-0.05, 0) is 59.7 Å². The van der Waals surface area contributed by atoms with Gasteiger partial charge < -0.3 is 4.74 Å². The summed E-state index contributed by atoms with van der Waals surface area (Å²) < 4.78 is 63.0. The SMILES string of the molecule is CCc1ccc(C2=CCc3c(ccc(-c4ccc(OC)c(F)c4F)c3F)C2)c(F)c1. The molecule has 0 saturated heterocycles. The first-order chi connectivity index (χ1) is 14.4. The maximum atomic E-state index is 15.2. The molecule has 154 valence electrons. The summed E-state index contributed by atoms with van der Waals surface area (Å²) in [5.74, 6) is -3.43. The number of ether oxygens (including phenoxy) is 1. The standard InChI is InChI=1S/C25H20F4O/c1-3-14-4-7-17(21(26)12-14)15-5-8-18-16(13-15)6-9-19(23(18)27)20-10-11-22(30-2)25(29)24(20)28/h4-7,9-12H,3,8,13H2,1-2H3. The zero-order valence-electron chi connectivity index (χ0n) is 16.7. The predicted molar refractivity (Wildman–Crippen MR) is 109 cm³/mol. The molecule has 0 radical (unpaired) electrons. The summed E-state index contributed by atoms with van der Waals surface area (Å²) in [4.78, 5) is 0.